The van der Waals surface area contributed by atoms with Gasteiger partial charge in [0, 0.05) is 37.8 Å². The zero-order chi connectivity index (χ0) is 14.8. The minimum Gasteiger partial charge on any atom is -0.396 e. The second-order valence-corrected chi connectivity index (χ2v) is 5.81. The number of aryl methyl sites for hydroxylation is 1. The van der Waals surface area contributed by atoms with Gasteiger partial charge in [0.05, 0.1) is 18.4 Å². The first-order valence-corrected chi connectivity index (χ1v) is 7.36. The number of rotatable bonds is 4. The Morgan fingerprint density at radius 3 is 3.14 bits per heavy atom. The second-order valence-electron chi connectivity index (χ2n) is 5.81. The number of aliphatic hydroxyl groups is 1. The van der Waals surface area contributed by atoms with E-state index in [-0.39, 0.29) is 30.4 Å². The maximum atomic E-state index is 12.1. The minimum absolute atomic E-state index is 0.0950. The van der Waals surface area contributed by atoms with E-state index in [1.54, 1.807) is 13.0 Å². The van der Waals surface area contributed by atoms with Crippen molar-refractivity contribution < 1.29 is 19.2 Å². The molecular formula is C14H21N3O4. The van der Waals surface area contributed by atoms with Gasteiger partial charge < -0.3 is 19.7 Å². The molecule has 0 aromatic carbocycles. The summed E-state index contributed by atoms with van der Waals surface area (Å²) in [6.45, 7) is 4.23. The number of fused-ring (bicyclic) bond motifs is 1. The lowest BCUT2D eigenvalue weighted by Crippen LogP contribution is -2.46. The molecule has 7 heteroatoms. The molecule has 0 bridgehead atoms. The van der Waals surface area contributed by atoms with Crippen molar-refractivity contribution >= 4 is 5.91 Å². The molecule has 0 saturated carbocycles. The van der Waals surface area contributed by atoms with Crippen molar-refractivity contribution in [1.82, 2.24) is 15.4 Å². The summed E-state index contributed by atoms with van der Waals surface area (Å²) in [7, 11) is 0. The maximum Gasteiger partial charge on any atom is 0.290 e. The number of ether oxygens (including phenoxy) is 1. The molecule has 21 heavy (non-hydrogen) atoms. The summed E-state index contributed by atoms with van der Waals surface area (Å²) in [5, 5.41) is 15.7. The molecule has 0 spiro atoms. The van der Waals surface area contributed by atoms with Crippen molar-refractivity contribution in [3.63, 3.8) is 0 Å². The maximum absolute atomic E-state index is 12.1. The summed E-state index contributed by atoms with van der Waals surface area (Å²) >= 11 is 0. The molecule has 116 valence electrons. The average molecular weight is 295 g/mol. The summed E-state index contributed by atoms with van der Waals surface area (Å²) in [6, 6.07) is 2.09. The highest BCUT2D eigenvalue weighted by Gasteiger charge is 2.37. The standard InChI is InChI=1S/C14H21N3O4/c1-9-4-13(21-16-9)14(19)15-10-5-11-8-20-12(2-3-18)7-17(11)6-10/h4,10-12,18H,2-3,5-8H2,1H3,(H,15,19)/t10-,11-,12-/m0/s1. The Kier molecular flexibility index (Phi) is 4.23. The van der Waals surface area contributed by atoms with Gasteiger partial charge in [-0.15, -0.1) is 0 Å². The molecule has 2 fully saturated rings. The lowest BCUT2D eigenvalue weighted by Gasteiger charge is -2.34. The van der Waals surface area contributed by atoms with Gasteiger partial charge in [0.1, 0.15) is 0 Å². The number of aromatic nitrogens is 1. The zero-order valence-electron chi connectivity index (χ0n) is 12.1. The normalized spacial score (nSPS) is 29.3. The Balaban J connectivity index is 1.54. The van der Waals surface area contributed by atoms with Crippen molar-refractivity contribution in [2.45, 2.75) is 38.0 Å². The number of nitrogens with zero attached hydrogens (tertiary/aromatic N) is 2. The second kappa shape index (κ2) is 6.13. The molecule has 2 saturated heterocycles. The minimum atomic E-state index is -0.215. The Bertz CT molecular complexity index is 504. The molecule has 3 atom stereocenters. The first-order valence-electron chi connectivity index (χ1n) is 7.36. The molecule has 1 aromatic rings. The number of nitrogens with one attached hydrogen (secondary N) is 1. The predicted molar refractivity (Wildman–Crippen MR) is 73.9 cm³/mol. The fourth-order valence-electron chi connectivity index (χ4n) is 3.09. The Morgan fingerprint density at radius 1 is 1.57 bits per heavy atom. The van der Waals surface area contributed by atoms with E-state index in [0.717, 1.165) is 19.5 Å². The Labute approximate surface area is 123 Å². The highest BCUT2D eigenvalue weighted by Crippen LogP contribution is 2.24. The van der Waals surface area contributed by atoms with Crippen LogP contribution in [-0.2, 0) is 4.74 Å². The number of hydrogen-bond donors (Lipinski definition) is 2. The summed E-state index contributed by atoms with van der Waals surface area (Å²) in [5.74, 6) is 0.0417. The highest BCUT2D eigenvalue weighted by molar-refractivity contribution is 5.91. The Morgan fingerprint density at radius 2 is 2.43 bits per heavy atom. The lowest BCUT2D eigenvalue weighted by molar-refractivity contribution is -0.0566. The monoisotopic (exact) mass is 295 g/mol. The van der Waals surface area contributed by atoms with Crippen LogP contribution in [-0.4, -0.2) is 65.6 Å². The third-order valence-electron chi connectivity index (χ3n) is 4.13. The topological polar surface area (TPSA) is 87.8 Å². The van der Waals surface area contributed by atoms with E-state index in [9.17, 15) is 4.79 Å². The molecule has 2 aliphatic heterocycles. The molecule has 0 aliphatic carbocycles. The van der Waals surface area contributed by atoms with Crippen molar-refractivity contribution in [2.75, 3.05) is 26.3 Å². The van der Waals surface area contributed by atoms with Crippen LogP contribution in [0.4, 0.5) is 0 Å². The van der Waals surface area contributed by atoms with Crippen LogP contribution in [0.15, 0.2) is 10.6 Å². The van der Waals surface area contributed by atoms with Crippen molar-refractivity contribution in [1.29, 1.82) is 0 Å². The molecular weight excluding hydrogens is 274 g/mol. The summed E-state index contributed by atoms with van der Waals surface area (Å²) in [5.41, 5.74) is 0.698. The Hall–Kier alpha value is -1.44. The van der Waals surface area contributed by atoms with Gasteiger partial charge >= 0.3 is 0 Å². The largest absolute Gasteiger partial charge is 0.396 e. The fourth-order valence-corrected chi connectivity index (χ4v) is 3.09. The van der Waals surface area contributed by atoms with Crippen LogP contribution >= 0.6 is 0 Å². The van der Waals surface area contributed by atoms with Crippen LogP contribution in [0.3, 0.4) is 0 Å². The third kappa shape index (κ3) is 3.25. The van der Waals surface area contributed by atoms with E-state index >= 15 is 0 Å². The van der Waals surface area contributed by atoms with Gasteiger partial charge in [-0.05, 0) is 19.8 Å². The molecule has 3 rings (SSSR count). The predicted octanol–water partition coefficient (Wildman–Crippen LogP) is -0.0631. The van der Waals surface area contributed by atoms with Gasteiger partial charge in [-0.1, -0.05) is 5.16 Å². The van der Waals surface area contributed by atoms with Crippen LogP contribution in [0.1, 0.15) is 29.1 Å². The smallest absolute Gasteiger partial charge is 0.290 e. The van der Waals surface area contributed by atoms with Crippen molar-refractivity contribution in [3.05, 3.63) is 17.5 Å². The molecule has 2 aliphatic rings. The van der Waals surface area contributed by atoms with Crippen LogP contribution in [0.5, 0.6) is 0 Å². The van der Waals surface area contributed by atoms with E-state index in [4.69, 9.17) is 14.4 Å². The summed E-state index contributed by atoms with van der Waals surface area (Å²) < 4.78 is 10.7. The van der Waals surface area contributed by atoms with Crippen molar-refractivity contribution in [3.8, 4) is 0 Å². The van der Waals surface area contributed by atoms with Crippen LogP contribution in [0.2, 0.25) is 0 Å². The molecule has 2 N–H and O–H groups in total. The number of carbonyl (C=O) groups excluding carboxylic acids is 1. The van der Waals surface area contributed by atoms with Crippen molar-refractivity contribution in [2.24, 2.45) is 0 Å². The molecule has 3 heterocycles. The van der Waals surface area contributed by atoms with Gasteiger partial charge in [0.15, 0.2) is 0 Å². The number of aliphatic hydroxyl groups excluding tert-OH is 1. The number of carbonyl (C=O) groups is 1. The molecule has 1 amide bonds. The zero-order valence-corrected chi connectivity index (χ0v) is 12.1. The van der Waals surface area contributed by atoms with E-state index in [1.807, 2.05) is 0 Å². The quantitative estimate of drug-likeness (QED) is 0.809. The fraction of sp³-hybridized carbons (Fsp3) is 0.714. The van der Waals surface area contributed by atoms with Gasteiger partial charge in [0.2, 0.25) is 5.76 Å². The number of hydrogen-bond acceptors (Lipinski definition) is 6. The van der Waals surface area contributed by atoms with Crippen LogP contribution in [0, 0.1) is 6.92 Å². The molecule has 7 nitrogen and oxygen atoms in total. The first kappa shape index (κ1) is 14.5. The average Bonchev–Trinajstić information content (AvgIpc) is 3.04. The van der Waals surface area contributed by atoms with E-state index in [0.29, 0.717) is 24.8 Å². The summed E-state index contributed by atoms with van der Waals surface area (Å²) in [4.78, 5) is 14.4. The van der Waals surface area contributed by atoms with Crippen LogP contribution < -0.4 is 5.32 Å². The molecule has 0 radical (unpaired) electrons. The SMILES string of the molecule is Cc1cc(C(=O)N[C@H]2C[C@H]3CO[C@@H](CCO)CN3C2)on1. The first-order chi connectivity index (χ1) is 10.2. The van der Waals surface area contributed by atoms with E-state index < -0.39 is 0 Å². The molecule has 0 unspecified atom stereocenters. The van der Waals surface area contributed by atoms with Crippen LogP contribution in [0.25, 0.3) is 0 Å². The van der Waals surface area contributed by atoms with Gasteiger partial charge in [0.25, 0.3) is 5.91 Å². The van der Waals surface area contributed by atoms with E-state index in [2.05, 4.69) is 15.4 Å². The lowest BCUT2D eigenvalue weighted by atomic mass is 10.1. The van der Waals surface area contributed by atoms with E-state index in [1.165, 1.54) is 0 Å². The van der Waals surface area contributed by atoms with Gasteiger partial charge in [-0.3, -0.25) is 9.69 Å². The highest BCUT2D eigenvalue weighted by atomic mass is 16.5. The number of amides is 1. The van der Waals surface area contributed by atoms with Gasteiger partial charge in [-0.2, -0.15) is 0 Å². The summed E-state index contributed by atoms with van der Waals surface area (Å²) in [6.07, 6.45) is 1.64. The van der Waals surface area contributed by atoms with Gasteiger partial charge in [-0.25, -0.2) is 0 Å². The molecule has 1 aromatic heterocycles. The number of morpholine rings is 1. The third-order valence-corrected chi connectivity index (χ3v) is 4.13.